The van der Waals surface area contributed by atoms with Gasteiger partial charge < -0.3 is 15.0 Å². The van der Waals surface area contributed by atoms with Crippen molar-refractivity contribution in [1.29, 1.82) is 0 Å². The summed E-state index contributed by atoms with van der Waals surface area (Å²) < 4.78 is 1.73. The van der Waals surface area contributed by atoms with E-state index in [-0.39, 0.29) is 16.9 Å². The first-order chi connectivity index (χ1) is 12.0. The second-order valence-electron chi connectivity index (χ2n) is 8.71. The van der Waals surface area contributed by atoms with Crippen LogP contribution >= 0.6 is 0 Å². The molecule has 0 aromatic carbocycles. The van der Waals surface area contributed by atoms with Gasteiger partial charge in [0.15, 0.2) is 0 Å². The van der Waals surface area contributed by atoms with Gasteiger partial charge in [-0.15, -0.1) is 0 Å². The van der Waals surface area contributed by atoms with E-state index < -0.39 is 4.92 Å². The van der Waals surface area contributed by atoms with E-state index in [1.54, 1.807) is 4.68 Å². The van der Waals surface area contributed by atoms with E-state index in [4.69, 9.17) is 0 Å². The van der Waals surface area contributed by atoms with E-state index in [9.17, 15) is 14.9 Å². The number of carbonyl (C=O) groups is 1. The van der Waals surface area contributed by atoms with Crippen LogP contribution < -0.4 is 0 Å². The van der Waals surface area contributed by atoms with Crippen LogP contribution in [0, 0.1) is 27.4 Å². The van der Waals surface area contributed by atoms with Gasteiger partial charge in [-0.25, -0.2) is 0 Å². The molecule has 25 heavy (non-hydrogen) atoms. The van der Waals surface area contributed by atoms with Gasteiger partial charge in [-0.2, -0.15) is 4.68 Å². The molecule has 1 saturated heterocycles. The fourth-order valence-electron chi connectivity index (χ4n) is 6.55. The number of aromatic nitrogens is 3. The van der Waals surface area contributed by atoms with Crippen LogP contribution in [-0.2, 0) is 10.3 Å². The molecule has 1 amide bonds. The number of likely N-dealkylation sites (tertiary alicyclic amines) is 1. The Hall–Kier alpha value is -1.99. The molecule has 4 aliphatic carbocycles. The van der Waals surface area contributed by atoms with Gasteiger partial charge in [-0.05, 0) is 68.1 Å². The van der Waals surface area contributed by atoms with Crippen molar-refractivity contribution < 1.29 is 9.72 Å². The third kappa shape index (κ3) is 2.15. The van der Waals surface area contributed by atoms with Gasteiger partial charge >= 0.3 is 5.95 Å². The molecule has 5 fully saturated rings. The topological polar surface area (TPSA) is 94.2 Å². The summed E-state index contributed by atoms with van der Waals surface area (Å²) >= 11 is 0. The van der Waals surface area contributed by atoms with E-state index in [2.05, 4.69) is 15.0 Å². The fourth-order valence-corrected chi connectivity index (χ4v) is 6.55. The summed E-state index contributed by atoms with van der Waals surface area (Å²) in [6.45, 7) is 1.77. The lowest BCUT2D eigenvalue weighted by Gasteiger charge is -2.60. The molecule has 6 rings (SSSR count). The van der Waals surface area contributed by atoms with Crippen molar-refractivity contribution in [3.8, 4) is 0 Å². The molecule has 134 valence electrons. The van der Waals surface area contributed by atoms with Crippen molar-refractivity contribution in [2.24, 2.45) is 17.3 Å². The second kappa shape index (κ2) is 5.02. The maximum atomic E-state index is 13.4. The van der Waals surface area contributed by atoms with Gasteiger partial charge in [0.2, 0.25) is 12.2 Å². The summed E-state index contributed by atoms with van der Waals surface area (Å²) in [6.07, 6.45) is 9.59. The van der Waals surface area contributed by atoms with Crippen molar-refractivity contribution in [3.63, 3.8) is 0 Å². The highest BCUT2D eigenvalue weighted by atomic mass is 16.6. The largest absolute Gasteiger partial charge is 0.490 e. The van der Waals surface area contributed by atoms with E-state index in [1.807, 2.05) is 0 Å². The Labute approximate surface area is 145 Å². The molecule has 1 aliphatic heterocycles. The Morgan fingerprint density at radius 1 is 1.20 bits per heavy atom. The van der Waals surface area contributed by atoms with Crippen LogP contribution in [-0.4, -0.2) is 43.6 Å². The number of amides is 1. The molecule has 4 saturated carbocycles. The van der Waals surface area contributed by atoms with Gasteiger partial charge in [0.25, 0.3) is 0 Å². The highest BCUT2D eigenvalue weighted by Gasteiger charge is 2.63. The first-order valence-corrected chi connectivity index (χ1v) is 9.36. The molecule has 5 aliphatic rings. The zero-order valence-electron chi connectivity index (χ0n) is 14.3. The van der Waals surface area contributed by atoms with Crippen molar-refractivity contribution in [2.45, 2.75) is 56.9 Å². The fraction of sp³-hybridized carbons (Fsp3) is 0.824. The lowest BCUT2D eigenvalue weighted by Crippen LogP contribution is -2.61. The maximum Gasteiger partial charge on any atom is 0.490 e. The van der Waals surface area contributed by atoms with Crippen LogP contribution in [0.1, 0.15) is 51.4 Å². The Balaban J connectivity index is 1.51. The van der Waals surface area contributed by atoms with Crippen LogP contribution in [0.4, 0.5) is 5.95 Å². The van der Waals surface area contributed by atoms with Crippen molar-refractivity contribution in [3.05, 3.63) is 16.4 Å². The minimum absolute atomic E-state index is 0.263. The zero-order valence-corrected chi connectivity index (χ0v) is 14.3. The molecule has 0 N–H and O–H groups in total. The maximum absolute atomic E-state index is 13.4. The van der Waals surface area contributed by atoms with E-state index in [0.717, 1.165) is 58.0 Å². The average molecular weight is 345 g/mol. The smallest absolute Gasteiger partial charge is 0.390 e. The molecule has 4 bridgehead atoms. The van der Waals surface area contributed by atoms with Crippen molar-refractivity contribution in [1.82, 2.24) is 19.7 Å². The molecular weight excluding hydrogens is 322 g/mol. The highest BCUT2D eigenvalue weighted by molar-refractivity contribution is 5.83. The second-order valence-corrected chi connectivity index (χ2v) is 8.71. The molecule has 8 heteroatoms. The van der Waals surface area contributed by atoms with Gasteiger partial charge in [-0.3, -0.25) is 4.79 Å². The molecule has 0 radical (unpaired) electrons. The van der Waals surface area contributed by atoms with Crippen LogP contribution in [0.5, 0.6) is 0 Å². The lowest BCUT2D eigenvalue weighted by atomic mass is 9.46. The molecule has 2 heterocycles. The molecule has 1 aromatic heterocycles. The number of carbonyl (C=O) groups excluding carboxylic acids is 1. The molecule has 2 atom stereocenters. The number of hydrogen-bond donors (Lipinski definition) is 0. The first-order valence-electron chi connectivity index (χ1n) is 9.36. The predicted octanol–water partition coefficient (Wildman–Crippen LogP) is 2.10. The zero-order chi connectivity index (χ0) is 17.2. The third-order valence-electron chi connectivity index (χ3n) is 7.01. The molecule has 0 spiro atoms. The van der Waals surface area contributed by atoms with Crippen molar-refractivity contribution in [2.75, 3.05) is 13.1 Å². The Kier molecular flexibility index (Phi) is 3.07. The average Bonchev–Trinajstić information content (AvgIpc) is 3.25. The summed E-state index contributed by atoms with van der Waals surface area (Å²) in [4.78, 5) is 29.7. The quantitative estimate of drug-likeness (QED) is 0.618. The van der Waals surface area contributed by atoms with Crippen LogP contribution in [0.3, 0.4) is 0 Å². The minimum atomic E-state index is -0.540. The summed E-state index contributed by atoms with van der Waals surface area (Å²) in [5.74, 6) is 1.04. The molecule has 8 nitrogen and oxygen atoms in total. The Morgan fingerprint density at radius 2 is 1.88 bits per heavy atom. The van der Waals surface area contributed by atoms with Gasteiger partial charge in [0.05, 0.1) is 11.0 Å². The summed E-state index contributed by atoms with van der Waals surface area (Å²) in [7, 11) is 0. The van der Waals surface area contributed by atoms with Gasteiger partial charge in [0, 0.05) is 18.2 Å². The number of nitrogens with zero attached hydrogens (tertiary/aromatic N) is 5. The van der Waals surface area contributed by atoms with Gasteiger partial charge in [0.1, 0.15) is 0 Å². The summed E-state index contributed by atoms with van der Waals surface area (Å²) in [5.41, 5.74) is -0.546. The number of rotatable bonds is 3. The van der Waals surface area contributed by atoms with E-state index in [1.165, 1.54) is 12.7 Å². The third-order valence-corrected chi connectivity index (χ3v) is 7.01. The van der Waals surface area contributed by atoms with E-state index >= 15 is 0 Å². The minimum Gasteiger partial charge on any atom is -0.390 e. The van der Waals surface area contributed by atoms with Crippen LogP contribution in [0.25, 0.3) is 0 Å². The Bertz CT molecular complexity index is 724. The van der Waals surface area contributed by atoms with E-state index in [0.29, 0.717) is 17.7 Å². The standard InChI is InChI=1S/C17H23N5O3/c23-14(20-3-1-2-4-20)16-6-12-5-13(7-16)9-17(8-12,10-16)21-11-18-15(19-21)22(24)25/h11-13H,1-10H2/t12-,13-,16?,17?/m1/s1. The summed E-state index contributed by atoms with van der Waals surface area (Å²) in [6, 6.07) is 0. The first kappa shape index (κ1) is 15.3. The van der Waals surface area contributed by atoms with Gasteiger partial charge in [-0.1, -0.05) is 4.98 Å². The molecular formula is C17H23N5O3. The summed E-state index contributed by atoms with van der Waals surface area (Å²) in [5, 5.41) is 15.2. The van der Waals surface area contributed by atoms with Crippen molar-refractivity contribution >= 4 is 11.9 Å². The van der Waals surface area contributed by atoms with Crippen LogP contribution in [0.15, 0.2) is 6.33 Å². The number of hydrogen-bond acceptors (Lipinski definition) is 5. The lowest BCUT2D eigenvalue weighted by molar-refractivity contribution is -0.394. The monoisotopic (exact) mass is 345 g/mol. The SMILES string of the molecule is O=C(N1CCCC1)C12C[C@H]3C[C@H](C1)CC(n1cnc([N+](=O)[O-])n1)(C3)C2. The highest BCUT2D eigenvalue weighted by Crippen LogP contribution is 2.64. The Morgan fingerprint density at radius 3 is 2.48 bits per heavy atom. The molecule has 1 aromatic rings. The molecule has 0 unspecified atom stereocenters. The normalized spacial score (nSPS) is 39.1. The van der Waals surface area contributed by atoms with Crippen LogP contribution in [0.2, 0.25) is 0 Å². The number of nitro groups is 1. The predicted molar refractivity (Wildman–Crippen MR) is 87.6 cm³/mol.